The van der Waals surface area contributed by atoms with Gasteiger partial charge in [0.15, 0.2) is 34.7 Å². The standard InChI is InChI=1S/C30H31N3O9/c1-33(2)23-18-12-15-11-17-16(13-4-3-5-14(10-13)29(41)32-8-9-34)6-7-19(35)21(17)24(36)20(15)26(38)30(18,42)27(39)22(25(23)37)28(31)40/h3-7,10,15,18,20,22-23,34-35,42H,8-9,11-12H2,1-2H3,(H2,31,40)(H,32,41)/t15-,18-,20?,22?,23-,30-/m0/s1. The summed E-state index contributed by atoms with van der Waals surface area (Å²) < 4.78 is 0. The second-order valence-electron chi connectivity index (χ2n) is 11.3. The summed E-state index contributed by atoms with van der Waals surface area (Å²) in [6.07, 6.45) is 0.0269. The van der Waals surface area contributed by atoms with Crippen molar-refractivity contribution in [1.82, 2.24) is 10.2 Å². The summed E-state index contributed by atoms with van der Waals surface area (Å²) in [5.41, 5.74) is 4.25. The van der Waals surface area contributed by atoms with Gasteiger partial charge >= 0.3 is 0 Å². The van der Waals surface area contributed by atoms with Gasteiger partial charge in [-0.15, -0.1) is 0 Å². The Morgan fingerprint density at radius 3 is 2.45 bits per heavy atom. The lowest BCUT2D eigenvalue weighted by Gasteiger charge is -2.52. The van der Waals surface area contributed by atoms with E-state index < -0.39 is 70.3 Å². The number of fused-ring (bicyclic) bond motifs is 3. The number of primary amides is 1. The van der Waals surface area contributed by atoms with E-state index in [0.29, 0.717) is 22.3 Å². The Labute approximate surface area is 240 Å². The Morgan fingerprint density at radius 2 is 1.81 bits per heavy atom. The van der Waals surface area contributed by atoms with Crippen molar-refractivity contribution < 1.29 is 44.1 Å². The van der Waals surface area contributed by atoms with Crippen LogP contribution in [0.5, 0.6) is 5.75 Å². The van der Waals surface area contributed by atoms with Crippen LogP contribution in [-0.4, -0.2) is 94.1 Å². The van der Waals surface area contributed by atoms with Gasteiger partial charge in [0.25, 0.3) is 5.91 Å². The summed E-state index contributed by atoms with van der Waals surface area (Å²) >= 11 is 0. The van der Waals surface area contributed by atoms with Gasteiger partial charge < -0.3 is 26.4 Å². The highest BCUT2D eigenvalue weighted by atomic mass is 16.3. The van der Waals surface area contributed by atoms with Crippen LogP contribution in [0.1, 0.15) is 32.7 Å². The molecule has 0 bridgehead atoms. The molecule has 2 aromatic rings. The zero-order chi connectivity index (χ0) is 30.7. The maximum absolute atomic E-state index is 13.9. The van der Waals surface area contributed by atoms with Crippen LogP contribution in [0.2, 0.25) is 0 Å². The molecule has 42 heavy (non-hydrogen) atoms. The van der Waals surface area contributed by atoms with Crippen molar-refractivity contribution in [2.75, 3.05) is 27.2 Å². The van der Waals surface area contributed by atoms with Gasteiger partial charge in [-0.05, 0) is 67.7 Å². The van der Waals surface area contributed by atoms with Gasteiger partial charge in [0.1, 0.15) is 5.75 Å². The van der Waals surface area contributed by atoms with Gasteiger partial charge in [0.2, 0.25) is 5.91 Å². The fraction of sp³-hybridized carbons (Fsp3) is 0.400. The molecule has 2 aromatic carbocycles. The van der Waals surface area contributed by atoms with Gasteiger partial charge in [-0.25, -0.2) is 0 Å². The van der Waals surface area contributed by atoms with Crippen molar-refractivity contribution in [3.8, 4) is 16.9 Å². The number of rotatable bonds is 6. The number of nitrogens with one attached hydrogen (secondary N) is 1. The summed E-state index contributed by atoms with van der Waals surface area (Å²) in [5.74, 6) is -11.6. The number of ketones is 4. The summed E-state index contributed by atoms with van der Waals surface area (Å²) in [5, 5.41) is 34.0. The first-order valence-electron chi connectivity index (χ1n) is 13.5. The number of amides is 2. The number of Topliss-reactive ketones (excluding diaryl/α,β-unsaturated/α-hetero) is 4. The molecule has 5 rings (SSSR count). The van der Waals surface area contributed by atoms with Crippen LogP contribution >= 0.6 is 0 Å². The highest BCUT2D eigenvalue weighted by Crippen LogP contribution is 2.51. The molecule has 0 aromatic heterocycles. The van der Waals surface area contributed by atoms with Crippen LogP contribution in [0.15, 0.2) is 36.4 Å². The number of hydrogen-bond acceptors (Lipinski definition) is 10. The Morgan fingerprint density at radius 1 is 1.10 bits per heavy atom. The monoisotopic (exact) mass is 577 g/mol. The number of nitrogens with two attached hydrogens (primary N) is 1. The molecule has 12 heteroatoms. The lowest BCUT2D eigenvalue weighted by molar-refractivity contribution is -0.181. The first kappa shape index (κ1) is 29.2. The predicted octanol–water partition coefficient (Wildman–Crippen LogP) is -0.744. The Hall–Kier alpha value is -4.26. The summed E-state index contributed by atoms with van der Waals surface area (Å²) in [7, 11) is 3.04. The largest absolute Gasteiger partial charge is 0.507 e. The van der Waals surface area contributed by atoms with E-state index in [1.165, 1.54) is 25.1 Å². The smallest absolute Gasteiger partial charge is 0.251 e. The molecular formula is C30H31N3O9. The van der Waals surface area contributed by atoms with E-state index in [-0.39, 0.29) is 37.3 Å². The van der Waals surface area contributed by atoms with Crippen LogP contribution in [0, 0.1) is 23.7 Å². The van der Waals surface area contributed by atoms with Crippen LogP contribution in [-0.2, 0) is 25.6 Å². The van der Waals surface area contributed by atoms with Crippen molar-refractivity contribution >= 4 is 34.9 Å². The number of aliphatic hydroxyl groups is 2. The van der Waals surface area contributed by atoms with Crippen molar-refractivity contribution in [2.24, 2.45) is 29.4 Å². The third-order valence-electron chi connectivity index (χ3n) is 8.78. The Bertz CT molecular complexity index is 1550. The van der Waals surface area contributed by atoms with Gasteiger partial charge in [0.05, 0.1) is 24.1 Å². The van der Waals surface area contributed by atoms with Crippen molar-refractivity contribution in [3.63, 3.8) is 0 Å². The fourth-order valence-corrected chi connectivity index (χ4v) is 6.97. The van der Waals surface area contributed by atoms with Crippen molar-refractivity contribution in [1.29, 1.82) is 0 Å². The molecule has 0 saturated heterocycles. The lowest BCUT2D eigenvalue weighted by Crippen LogP contribution is -2.74. The lowest BCUT2D eigenvalue weighted by atomic mass is 9.52. The fourth-order valence-electron chi connectivity index (χ4n) is 6.97. The zero-order valence-electron chi connectivity index (χ0n) is 23.0. The van der Waals surface area contributed by atoms with Crippen LogP contribution in [0.3, 0.4) is 0 Å². The molecule has 12 nitrogen and oxygen atoms in total. The highest BCUT2D eigenvalue weighted by molar-refractivity contribution is 6.32. The minimum Gasteiger partial charge on any atom is -0.507 e. The van der Waals surface area contributed by atoms with Gasteiger partial charge in [-0.1, -0.05) is 18.2 Å². The van der Waals surface area contributed by atoms with Crippen LogP contribution in [0.4, 0.5) is 0 Å². The maximum Gasteiger partial charge on any atom is 0.251 e. The Kier molecular flexibility index (Phi) is 7.34. The molecule has 2 fully saturated rings. The number of benzene rings is 2. The number of aliphatic hydroxyl groups excluding tert-OH is 1. The molecule has 2 saturated carbocycles. The van der Waals surface area contributed by atoms with Crippen LogP contribution in [0.25, 0.3) is 11.1 Å². The summed E-state index contributed by atoms with van der Waals surface area (Å²) in [4.78, 5) is 80.5. The van der Waals surface area contributed by atoms with Gasteiger partial charge in [-0.3, -0.25) is 33.7 Å². The molecule has 6 atom stereocenters. The molecule has 3 aliphatic rings. The quantitative estimate of drug-likeness (QED) is 0.272. The number of nitrogens with zero attached hydrogens (tertiary/aromatic N) is 1. The average molecular weight is 578 g/mol. The van der Waals surface area contributed by atoms with E-state index in [9.17, 15) is 39.0 Å². The normalized spacial score (nSPS) is 28.6. The third kappa shape index (κ3) is 4.25. The number of phenols is 1. The van der Waals surface area contributed by atoms with E-state index in [1.54, 1.807) is 30.3 Å². The Balaban J connectivity index is 1.61. The molecule has 2 amide bonds. The average Bonchev–Trinajstić information content (AvgIpc) is 2.93. The van der Waals surface area contributed by atoms with E-state index in [2.05, 4.69) is 5.32 Å². The molecule has 3 aliphatic carbocycles. The first-order valence-corrected chi connectivity index (χ1v) is 13.5. The number of carbonyl (C=O) groups excluding carboxylic acids is 6. The van der Waals surface area contributed by atoms with Gasteiger partial charge in [0, 0.05) is 18.0 Å². The molecule has 2 unspecified atom stereocenters. The topological polar surface area (TPSA) is 204 Å². The number of aromatic hydroxyl groups is 1. The number of carbonyl (C=O) groups is 6. The third-order valence-corrected chi connectivity index (χ3v) is 8.78. The predicted molar refractivity (Wildman–Crippen MR) is 146 cm³/mol. The van der Waals surface area contributed by atoms with E-state index in [4.69, 9.17) is 10.8 Å². The zero-order valence-corrected chi connectivity index (χ0v) is 23.0. The number of likely N-dealkylation sites (N-methyl/N-ethyl adjacent to an activating group) is 1. The summed E-state index contributed by atoms with van der Waals surface area (Å²) in [6, 6.07) is 8.27. The number of phenolic OH excluding ortho intramolecular Hbond substituents is 1. The minimum atomic E-state index is -2.79. The minimum absolute atomic E-state index is 0.0654. The second-order valence-corrected chi connectivity index (χ2v) is 11.3. The molecule has 0 aliphatic heterocycles. The molecule has 0 spiro atoms. The van der Waals surface area contributed by atoms with Crippen molar-refractivity contribution in [3.05, 3.63) is 53.1 Å². The van der Waals surface area contributed by atoms with E-state index in [1.807, 2.05) is 0 Å². The maximum atomic E-state index is 13.9. The highest BCUT2D eigenvalue weighted by Gasteiger charge is 2.69. The molecule has 0 heterocycles. The van der Waals surface area contributed by atoms with Crippen LogP contribution < -0.4 is 11.1 Å². The molecule has 220 valence electrons. The van der Waals surface area contributed by atoms with E-state index >= 15 is 0 Å². The molecular weight excluding hydrogens is 546 g/mol. The van der Waals surface area contributed by atoms with E-state index in [0.717, 1.165) is 0 Å². The molecule has 6 N–H and O–H groups in total. The van der Waals surface area contributed by atoms with Gasteiger partial charge in [-0.2, -0.15) is 0 Å². The number of hydrogen-bond donors (Lipinski definition) is 5. The van der Waals surface area contributed by atoms with Crippen molar-refractivity contribution in [2.45, 2.75) is 24.5 Å². The molecule has 0 radical (unpaired) electrons. The first-order chi connectivity index (χ1) is 19.8. The SMILES string of the molecule is CN(C)[C@@H]1C(=O)C(C(N)=O)C(=O)[C@@]2(O)C(=O)C3C(=O)c4c(O)ccc(-c5cccc(C(=O)NCCO)c5)c4C[C@H]3C[C@@H]12. The second kappa shape index (κ2) is 10.5. The summed E-state index contributed by atoms with van der Waals surface area (Å²) in [6.45, 7) is -0.165.